The Kier molecular flexibility index (Phi) is 6.11. The molecule has 0 rings (SSSR count). The number of rotatable bonds is 5. The Balaban J connectivity index is 4.81. The van der Waals surface area contributed by atoms with Gasteiger partial charge in [0.25, 0.3) is 0 Å². The van der Waals surface area contributed by atoms with Crippen LogP contribution in [0, 0.1) is 5.92 Å². The van der Waals surface area contributed by atoms with Crippen molar-refractivity contribution in [2.75, 3.05) is 20.8 Å². The average molecular weight is 261 g/mol. The van der Waals surface area contributed by atoms with Gasteiger partial charge < -0.3 is 14.6 Å². The molecule has 1 amide bonds. The van der Waals surface area contributed by atoms with Crippen LogP contribution in [-0.2, 0) is 14.3 Å². The first-order chi connectivity index (χ1) is 8.10. The van der Waals surface area contributed by atoms with Gasteiger partial charge >= 0.3 is 12.1 Å². The summed E-state index contributed by atoms with van der Waals surface area (Å²) in [6.07, 6.45) is -0.655. The van der Waals surface area contributed by atoms with Crippen LogP contribution in [0.5, 0.6) is 0 Å². The van der Waals surface area contributed by atoms with E-state index in [1.165, 1.54) is 14.2 Å². The number of carbonyl (C=O) groups is 2. The third kappa shape index (κ3) is 5.35. The predicted octanol–water partition coefficient (Wildman–Crippen LogP) is 1.59. The van der Waals surface area contributed by atoms with E-state index in [2.05, 4.69) is 0 Å². The molecule has 0 fully saturated rings. The number of carboxylic acid groups (broad SMARTS) is 1. The zero-order valence-electron chi connectivity index (χ0n) is 11.9. The smallest absolute Gasteiger partial charge is 0.410 e. The van der Waals surface area contributed by atoms with Crippen molar-refractivity contribution in [3.8, 4) is 0 Å². The molecule has 18 heavy (non-hydrogen) atoms. The van der Waals surface area contributed by atoms with Crippen molar-refractivity contribution >= 4 is 12.1 Å². The van der Waals surface area contributed by atoms with Gasteiger partial charge in [-0.1, -0.05) is 6.92 Å². The second-order valence-electron chi connectivity index (χ2n) is 5.31. The standard InChI is InChI=1S/C12H23NO5/c1-8(7-17-6)9(10(14)15)13(5)11(16)18-12(2,3)4/h8-9H,7H2,1-6H3,(H,14,15). The summed E-state index contributed by atoms with van der Waals surface area (Å²) in [5.74, 6) is -1.40. The van der Waals surface area contributed by atoms with Crippen molar-refractivity contribution in [2.24, 2.45) is 5.92 Å². The minimum absolute atomic E-state index is 0.254. The van der Waals surface area contributed by atoms with E-state index in [9.17, 15) is 14.7 Å². The Labute approximate surface area is 108 Å². The third-order valence-corrected chi connectivity index (χ3v) is 2.32. The Hall–Kier alpha value is -1.30. The highest BCUT2D eigenvalue weighted by molar-refractivity contribution is 5.80. The Morgan fingerprint density at radius 2 is 1.83 bits per heavy atom. The largest absolute Gasteiger partial charge is 0.480 e. The molecular weight excluding hydrogens is 238 g/mol. The van der Waals surface area contributed by atoms with Crippen LogP contribution in [0.15, 0.2) is 0 Å². The number of hydrogen-bond donors (Lipinski definition) is 1. The first-order valence-electron chi connectivity index (χ1n) is 5.77. The molecule has 0 aliphatic carbocycles. The van der Waals surface area contributed by atoms with Crippen molar-refractivity contribution in [1.29, 1.82) is 0 Å². The van der Waals surface area contributed by atoms with Crippen LogP contribution in [0.4, 0.5) is 4.79 Å². The molecule has 0 saturated carbocycles. The first kappa shape index (κ1) is 16.7. The Bertz CT molecular complexity index is 297. The maximum absolute atomic E-state index is 11.8. The molecule has 1 N–H and O–H groups in total. The summed E-state index contributed by atoms with van der Waals surface area (Å²) in [6.45, 7) is 7.15. The van der Waals surface area contributed by atoms with Gasteiger partial charge in [-0.25, -0.2) is 9.59 Å². The molecule has 0 radical (unpaired) electrons. The molecule has 6 nitrogen and oxygen atoms in total. The average Bonchev–Trinajstić information content (AvgIpc) is 2.14. The fourth-order valence-corrected chi connectivity index (χ4v) is 1.59. The number of methoxy groups -OCH3 is 1. The van der Waals surface area contributed by atoms with Gasteiger partial charge in [0.2, 0.25) is 0 Å². The van der Waals surface area contributed by atoms with Crippen molar-refractivity contribution in [2.45, 2.75) is 39.3 Å². The summed E-state index contributed by atoms with van der Waals surface area (Å²) < 4.78 is 10.1. The molecule has 0 bridgehead atoms. The Morgan fingerprint density at radius 1 is 1.33 bits per heavy atom. The monoisotopic (exact) mass is 261 g/mol. The highest BCUT2D eigenvalue weighted by atomic mass is 16.6. The fourth-order valence-electron chi connectivity index (χ4n) is 1.59. The minimum atomic E-state index is -1.08. The van der Waals surface area contributed by atoms with Gasteiger partial charge in [0.05, 0.1) is 6.61 Å². The lowest BCUT2D eigenvalue weighted by Crippen LogP contribution is -2.49. The molecule has 106 valence electrons. The van der Waals surface area contributed by atoms with Crippen molar-refractivity contribution < 1.29 is 24.2 Å². The maximum atomic E-state index is 11.8. The number of carboxylic acids is 1. The highest BCUT2D eigenvalue weighted by Crippen LogP contribution is 2.15. The van der Waals surface area contributed by atoms with E-state index in [-0.39, 0.29) is 12.5 Å². The predicted molar refractivity (Wildman–Crippen MR) is 66.5 cm³/mol. The van der Waals surface area contributed by atoms with E-state index in [0.717, 1.165) is 4.90 Å². The number of hydrogen-bond acceptors (Lipinski definition) is 4. The summed E-state index contributed by atoms with van der Waals surface area (Å²) >= 11 is 0. The van der Waals surface area contributed by atoms with Crippen LogP contribution in [0.3, 0.4) is 0 Å². The highest BCUT2D eigenvalue weighted by Gasteiger charge is 2.34. The number of ether oxygens (including phenoxy) is 2. The van der Waals surface area contributed by atoms with Crippen LogP contribution in [0.25, 0.3) is 0 Å². The van der Waals surface area contributed by atoms with Crippen LogP contribution in [-0.4, -0.2) is 54.5 Å². The van der Waals surface area contributed by atoms with E-state index in [0.29, 0.717) is 0 Å². The summed E-state index contributed by atoms with van der Waals surface area (Å²) in [6, 6.07) is -0.972. The summed E-state index contributed by atoms with van der Waals surface area (Å²) in [5.41, 5.74) is -0.654. The zero-order valence-corrected chi connectivity index (χ0v) is 11.9. The normalized spacial score (nSPS) is 14.8. The van der Waals surface area contributed by atoms with Crippen LogP contribution in [0.2, 0.25) is 0 Å². The lowest BCUT2D eigenvalue weighted by molar-refractivity contribution is -0.145. The summed E-state index contributed by atoms with van der Waals surface area (Å²) in [4.78, 5) is 24.1. The molecular formula is C12H23NO5. The molecule has 0 spiro atoms. The molecule has 6 heteroatoms. The van der Waals surface area contributed by atoms with Gasteiger partial charge in [0, 0.05) is 20.1 Å². The lowest BCUT2D eigenvalue weighted by Gasteiger charge is -2.31. The molecule has 0 aromatic rings. The molecule has 0 aromatic heterocycles. The molecule has 0 heterocycles. The molecule has 0 aromatic carbocycles. The third-order valence-electron chi connectivity index (χ3n) is 2.32. The van der Waals surface area contributed by atoms with E-state index in [1.807, 2.05) is 0 Å². The van der Waals surface area contributed by atoms with Crippen LogP contribution >= 0.6 is 0 Å². The van der Waals surface area contributed by atoms with Crippen molar-refractivity contribution in [3.05, 3.63) is 0 Å². The fraction of sp³-hybridized carbons (Fsp3) is 0.833. The Morgan fingerprint density at radius 3 is 2.17 bits per heavy atom. The number of aliphatic carboxylic acids is 1. The topological polar surface area (TPSA) is 76.1 Å². The quantitative estimate of drug-likeness (QED) is 0.813. The SMILES string of the molecule is COCC(C)C(C(=O)O)N(C)C(=O)OC(C)(C)C. The molecule has 0 aliphatic heterocycles. The van der Waals surface area contributed by atoms with E-state index in [1.54, 1.807) is 27.7 Å². The second kappa shape index (κ2) is 6.58. The van der Waals surface area contributed by atoms with Gasteiger partial charge in [-0.05, 0) is 20.8 Å². The molecule has 2 unspecified atom stereocenters. The van der Waals surface area contributed by atoms with E-state index >= 15 is 0 Å². The zero-order chi connectivity index (χ0) is 14.5. The van der Waals surface area contributed by atoms with Gasteiger partial charge in [0.1, 0.15) is 11.6 Å². The second-order valence-corrected chi connectivity index (χ2v) is 5.31. The molecule has 2 atom stereocenters. The van der Waals surface area contributed by atoms with Crippen LogP contribution in [0.1, 0.15) is 27.7 Å². The number of carbonyl (C=O) groups excluding carboxylic acids is 1. The minimum Gasteiger partial charge on any atom is -0.480 e. The maximum Gasteiger partial charge on any atom is 0.410 e. The van der Waals surface area contributed by atoms with E-state index < -0.39 is 23.7 Å². The lowest BCUT2D eigenvalue weighted by atomic mass is 10.0. The molecule has 0 saturated heterocycles. The number of likely N-dealkylation sites (N-methyl/N-ethyl adjacent to an activating group) is 1. The van der Waals surface area contributed by atoms with E-state index in [4.69, 9.17) is 9.47 Å². The molecule has 0 aliphatic rings. The van der Waals surface area contributed by atoms with Gasteiger partial charge in [0.15, 0.2) is 0 Å². The number of nitrogens with zero attached hydrogens (tertiary/aromatic N) is 1. The van der Waals surface area contributed by atoms with Crippen molar-refractivity contribution in [3.63, 3.8) is 0 Å². The summed E-state index contributed by atoms with van der Waals surface area (Å²) in [5, 5.41) is 9.18. The van der Waals surface area contributed by atoms with Gasteiger partial charge in [-0.15, -0.1) is 0 Å². The first-order valence-corrected chi connectivity index (χ1v) is 5.77. The van der Waals surface area contributed by atoms with Gasteiger partial charge in [-0.3, -0.25) is 4.90 Å². The van der Waals surface area contributed by atoms with Crippen LogP contribution < -0.4 is 0 Å². The summed E-state index contributed by atoms with van der Waals surface area (Å²) in [7, 11) is 2.90. The van der Waals surface area contributed by atoms with Crippen molar-refractivity contribution in [1.82, 2.24) is 4.90 Å². The van der Waals surface area contributed by atoms with Gasteiger partial charge in [-0.2, -0.15) is 0 Å². The number of amides is 1.